The Bertz CT molecular complexity index is 874. The number of carbonyl (C=O) groups is 2. The molecule has 1 aliphatic rings. The molecule has 2 aromatic rings. The van der Waals surface area contributed by atoms with Crippen molar-refractivity contribution >= 4 is 35.0 Å². The Morgan fingerprint density at radius 3 is 1.93 bits per heavy atom. The molecule has 3 rings (SSSR count). The molecule has 0 aromatic heterocycles. The van der Waals surface area contributed by atoms with Gasteiger partial charge in [-0.2, -0.15) is 0 Å². The van der Waals surface area contributed by atoms with Gasteiger partial charge in [0.1, 0.15) is 17.1 Å². The van der Waals surface area contributed by atoms with Crippen molar-refractivity contribution in [2.24, 2.45) is 0 Å². The number of piperazine rings is 1. The highest BCUT2D eigenvalue weighted by molar-refractivity contribution is 6.35. The maximum Gasteiger partial charge on any atom is 0.261 e. The summed E-state index contributed by atoms with van der Waals surface area (Å²) in [5, 5.41) is 0.802. The van der Waals surface area contributed by atoms with Crippen molar-refractivity contribution < 1.29 is 19.1 Å². The van der Waals surface area contributed by atoms with Gasteiger partial charge in [-0.05, 0) is 30.3 Å². The van der Waals surface area contributed by atoms with Crippen molar-refractivity contribution in [1.82, 2.24) is 9.80 Å². The summed E-state index contributed by atoms with van der Waals surface area (Å²) >= 11 is 12.1. The minimum Gasteiger partial charge on any atom is -0.496 e. The molecule has 0 aliphatic carbocycles. The van der Waals surface area contributed by atoms with Crippen molar-refractivity contribution in [3.05, 3.63) is 57.6 Å². The molecule has 1 aliphatic heterocycles. The van der Waals surface area contributed by atoms with Crippen LogP contribution in [0.2, 0.25) is 10.0 Å². The van der Waals surface area contributed by atoms with Gasteiger partial charge >= 0.3 is 0 Å². The number of methoxy groups -OCH3 is 2. The Labute approximate surface area is 173 Å². The fraction of sp³-hybridized carbons (Fsp3) is 0.300. The third kappa shape index (κ3) is 4.03. The van der Waals surface area contributed by atoms with Crippen LogP contribution in [0, 0.1) is 0 Å². The number of hydrogen-bond donors (Lipinski definition) is 0. The molecule has 28 heavy (non-hydrogen) atoms. The third-order valence-corrected chi connectivity index (χ3v) is 5.22. The van der Waals surface area contributed by atoms with Gasteiger partial charge in [0, 0.05) is 31.2 Å². The molecule has 0 bridgehead atoms. The SMILES string of the molecule is COc1cccc(OC)c1C(=O)N1CCN(C(=O)c2cc(Cl)ccc2Cl)CC1. The smallest absolute Gasteiger partial charge is 0.261 e. The van der Waals surface area contributed by atoms with Crippen LogP contribution in [0.4, 0.5) is 0 Å². The van der Waals surface area contributed by atoms with E-state index in [0.717, 1.165) is 0 Å². The first kappa shape index (κ1) is 20.3. The van der Waals surface area contributed by atoms with E-state index in [9.17, 15) is 9.59 Å². The molecule has 8 heteroatoms. The van der Waals surface area contributed by atoms with Gasteiger partial charge in [0.2, 0.25) is 0 Å². The van der Waals surface area contributed by atoms with Gasteiger partial charge in [-0.1, -0.05) is 29.3 Å². The number of amides is 2. The lowest BCUT2D eigenvalue weighted by molar-refractivity contribution is 0.0531. The molecule has 2 aromatic carbocycles. The summed E-state index contributed by atoms with van der Waals surface area (Å²) in [6.07, 6.45) is 0. The van der Waals surface area contributed by atoms with Crippen LogP contribution in [0.5, 0.6) is 11.5 Å². The number of benzene rings is 2. The number of hydrogen-bond acceptors (Lipinski definition) is 4. The maximum atomic E-state index is 13.0. The summed E-state index contributed by atoms with van der Waals surface area (Å²) in [6, 6.07) is 10.00. The van der Waals surface area contributed by atoms with Crippen LogP contribution in [0.15, 0.2) is 36.4 Å². The van der Waals surface area contributed by atoms with Gasteiger partial charge in [-0.3, -0.25) is 9.59 Å². The molecule has 1 saturated heterocycles. The second kappa shape index (κ2) is 8.71. The second-order valence-electron chi connectivity index (χ2n) is 6.25. The van der Waals surface area contributed by atoms with Gasteiger partial charge in [0.25, 0.3) is 11.8 Å². The topological polar surface area (TPSA) is 59.1 Å². The van der Waals surface area contributed by atoms with Crippen molar-refractivity contribution in [2.75, 3.05) is 40.4 Å². The average molecular weight is 423 g/mol. The minimum atomic E-state index is -0.200. The Morgan fingerprint density at radius 1 is 0.857 bits per heavy atom. The van der Waals surface area contributed by atoms with Crippen LogP contribution in [-0.4, -0.2) is 62.0 Å². The van der Waals surface area contributed by atoms with Gasteiger partial charge in [0.15, 0.2) is 0 Å². The molecule has 1 heterocycles. The summed E-state index contributed by atoms with van der Waals surface area (Å²) in [5.74, 6) is 0.513. The van der Waals surface area contributed by atoms with E-state index in [1.54, 1.807) is 46.2 Å². The van der Waals surface area contributed by atoms with Crippen LogP contribution >= 0.6 is 23.2 Å². The van der Waals surface area contributed by atoms with Crippen molar-refractivity contribution in [3.63, 3.8) is 0 Å². The molecular formula is C20H20Cl2N2O4. The van der Waals surface area contributed by atoms with Gasteiger partial charge in [-0.15, -0.1) is 0 Å². The molecule has 148 valence electrons. The summed E-state index contributed by atoms with van der Waals surface area (Å²) < 4.78 is 10.6. The number of rotatable bonds is 4. The molecule has 2 amide bonds. The molecule has 6 nitrogen and oxygen atoms in total. The zero-order chi connectivity index (χ0) is 20.3. The van der Waals surface area contributed by atoms with Gasteiger partial charge in [0.05, 0.1) is 24.8 Å². The lowest BCUT2D eigenvalue weighted by Gasteiger charge is -2.35. The molecule has 0 spiro atoms. The van der Waals surface area contributed by atoms with E-state index >= 15 is 0 Å². The predicted molar refractivity (Wildman–Crippen MR) is 108 cm³/mol. The van der Waals surface area contributed by atoms with Gasteiger partial charge < -0.3 is 19.3 Å². The number of carbonyl (C=O) groups excluding carboxylic acids is 2. The van der Waals surface area contributed by atoms with Crippen molar-refractivity contribution in [1.29, 1.82) is 0 Å². The summed E-state index contributed by atoms with van der Waals surface area (Å²) in [6.45, 7) is 1.57. The first-order chi connectivity index (χ1) is 13.5. The quantitative estimate of drug-likeness (QED) is 0.754. The van der Waals surface area contributed by atoms with E-state index in [-0.39, 0.29) is 11.8 Å². The van der Waals surface area contributed by atoms with Crippen LogP contribution in [0.1, 0.15) is 20.7 Å². The van der Waals surface area contributed by atoms with Crippen molar-refractivity contribution in [2.45, 2.75) is 0 Å². The van der Waals surface area contributed by atoms with Crippen LogP contribution in [0.25, 0.3) is 0 Å². The van der Waals surface area contributed by atoms with Gasteiger partial charge in [-0.25, -0.2) is 0 Å². The molecular weight excluding hydrogens is 403 g/mol. The Hall–Kier alpha value is -2.44. The van der Waals surface area contributed by atoms with E-state index in [4.69, 9.17) is 32.7 Å². The highest BCUT2D eigenvalue weighted by atomic mass is 35.5. The normalized spacial score (nSPS) is 14.0. The zero-order valence-corrected chi connectivity index (χ0v) is 17.1. The summed E-state index contributed by atoms with van der Waals surface area (Å²) in [5.41, 5.74) is 0.741. The first-order valence-corrected chi connectivity index (χ1v) is 9.46. The lowest BCUT2D eigenvalue weighted by atomic mass is 10.1. The highest BCUT2D eigenvalue weighted by Crippen LogP contribution is 2.30. The number of halogens is 2. The van der Waals surface area contributed by atoms with Crippen LogP contribution < -0.4 is 9.47 Å². The molecule has 0 radical (unpaired) electrons. The molecule has 0 atom stereocenters. The van der Waals surface area contributed by atoms with E-state index < -0.39 is 0 Å². The molecule has 0 N–H and O–H groups in total. The number of nitrogens with zero attached hydrogens (tertiary/aromatic N) is 2. The largest absolute Gasteiger partial charge is 0.496 e. The highest BCUT2D eigenvalue weighted by Gasteiger charge is 2.29. The maximum absolute atomic E-state index is 13.0. The fourth-order valence-electron chi connectivity index (χ4n) is 3.16. The van der Waals surface area contributed by atoms with Crippen molar-refractivity contribution in [3.8, 4) is 11.5 Å². The van der Waals surface area contributed by atoms with Crippen LogP contribution in [-0.2, 0) is 0 Å². The van der Waals surface area contributed by atoms with E-state index in [2.05, 4.69) is 0 Å². The Balaban J connectivity index is 1.73. The number of ether oxygens (including phenoxy) is 2. The molecule has 0 saturated carbocycles. The third-order valence-electron chi connectivity index (χ3n) is 4.65. The molecule has 1 fully saturated rings. The summed E-state index contributed by atoms with van der Waals surface area (Å²) in [4.78, 5) is 29.1. The lowest BCUT2D eigenvalue weighted by Crippen LogP contribution is -2.50. The van der Waals surface area contributed by atoms with E-state index in [1.807, 2.05) is 0 Å². The zero-order valence-electron chi connectivity index (χ0n) is 15.6. The predicted octanol–water partition coefficient (Wildman–Crippen LogP) is 3.61. The van der Waals surface area contributed by atoms with E-state index in [1.165, 1.54) is 14.2 Å². The fourth-order valence-corrected chi connectivity index (χ4v) is 3.53. The first-order valence-electron chi connectivity index (χ1n) is 8.71. The van der Waals surface area contributed by atoms with Crippen LogP contribution in [0.3, 0.4) is 0 Å². The Morgan fingerprint density at radius 2 is 1.39 bits per heavy atom. The minimum absolute atomic E-state index is 0.192. The standard InChI is InChI=1S/C20H20Cl2N2O4/c1-27-16-4-3-5-17(28-2)18(16)20(26)24-10-8-23(9-11-24)19(25)14-12-13(21)6-7-15(14)22/h3-7,12H,8-11H2,1-2H3. The second-order valence-corrected chi connectivity index (χ2v) is 7.09. The molecule has 0 unspecified atom stereocenters. The Kier molecular flexibility index (Phi) is 6.31. The van der Waals surface area contributed by atoms with E-state index in [0.29, 0.717) is 58.9 Å². The summed E-state index contributed by atoms with van der Waals surface area (Å²) in [7, 11) is 3.02. The average Bonchev–Trinajstić information content (AvgIpc) is 2.73. The monoisotopic (exact) mass is 422 g/mol.